The number of amides is 2. The first-order chi connectivity index (χ1) is 20.4. The van der Waals surface area contributed by atoms with Gasteiger partial charge >= 0.3 is 0 Å². The van der Waals surface area contributed by atoms with Crippen molar-refractivity contribution in [2.45, 2.75) is 69.6 Å². The molecular weight excluding hydrogens is 645 g/mol. The Morgan fingerprint density at radius 2 is 1.86 bits per heavy atom. The molecule has 1 saturated carbocycles. The summed E-state index contributed by atoms with van der Waals surface area (Å²) in [5.74, 6) is 0.835. The van der Waals surface area contributed by atoms with E-state index in [9.17, 15) is 19.8 Å². The van der Waals surface area contributed by atoms with E-state index >= 15 is 0 Å². The Morgan fingerprint density at radius 3 is 2.62 bits per heavy atom. The Balaban J connectivity index is 1.41. The smallest absolute Gasteiger partial charge is 0.247 e. The van der Waals surface area contributed by atoms with Crippen LogP contribution in [0, 0.1) is 9.49 Å². The largest absolute Gasteiger partial charge is 0.482 e. The summed E-state index contributed by atoms with van der Waals surface area (Å²) >= 11 is 2.18. The van der Waals surface area contributed by atoms with Crippen LogP contribution in [0.3, 0.4) is 0 Å². The van der Waals surface area contributed by atoms with E-state index in [1.165, 1.54) is 12.8 Å². The highest BCUT2D eigenvalue weighted by Crippen LogP contribution is 2.32. The first-order valence-corrected chi connectivity index (χ1v) is 16.1. The quantitative estimate of drug-likeness (QED) is 0.206. The molecule has 1 aromatic heterocycles. The van der Waals surface area contributed by atoms with Gasteiger partial charge in [0.2, 0.25) is 11.8 Å². The number of rotatable bonds is 12. The van der Waals surface area contributed by atoms with Crippen molar-refractivity contribution in [3.63, 3.8) is 0 Å². The van der Waals surface area contributed by atoms with Crippen molar-refractivity contribution in [2.24, 2.45) is 5.92 Å². The van der Waals surface area contributed by atoms with Crippen LogP contribution in [0.2, 0.25) is 0 Å². The molecule has 3 aromatic rings. The predicted octanol–water partition coefficient (Wildman–Crippen LogP) is 4.73. The third kappa shape index (κ3) is 7.54. The summed E-state index contributed by atoms with van der Waals surface area (Å²) in [6, 6.07) is 17.1. The lowest BCUT2D eigenvalue weighted by Gasteiger charge is -2.40. The zero-order valence-electron chi connectivity index (χ0n) is 23.8. The van der Waals surface area contributed by atoms with Crippen LogP contribution in [0.25, 0.3) is 10.9 Å². The maximum Gasteiger partial charge on any atom is 0.247 e. The highest BCUT2D eigenvalue weighted by Gasteiger charge is 2.40. The number of para-hydroxylation sites is 2. The first kappa shape index (κ1) is 30.6. The Kier molecular flexibility index (Phi) is 10.6. The number of aliphatic hydroxyl groups excluding tert-OH is 2. The second-order valence-corrected chi connectivity index (χ2v) is 12.5. The van der Waals surface area contributed by atoms with Crippen molar-refractivity contribution in [1.82, 2.24) is 15.2 Å². The van der Waals surface area contributed by atoms with Gasteiger partial charge in [0.1, 0.15) is 18.0 Å². The molecule has 2 amide bonds. The highest BCUT2D eigenvalue weighted by molar-refractivity contribution is 14.1. The zero-order valence-corrected chi connectivity index (χ0v) is 26.0. The van der Waals surface area contributed by atoms with Gasteiger partial charge in [-0.15, -0.1) is 0 Å². The zero-order chi connectivity index (χ0) is 29.5. The van der Waals surface area contributed by atoms with Crippen molar-refractivity contribution in [2.75, 3.05) is 19.7 Å². The summed E-state index contributed by atoms with van der Waals surface area (Å²) in [6.45, 7) is 0.346. The van der Waals surface area contributed by atoms with E-state index in [4.69, 9.17) is 4.74 Å². The van der Waals surface area contributed by atoms with Crippen LogP contribution < -0.4 is 10.1 Å². The van der Waals surface area contributed by atoms with Crippen LogP contribution in [0.4, 0.5) is 0 Å². The molecule has 224 valence electrons. The average molecular weight is 686 g/mol. The molecule has 2 aliphatic carbocycles. The fourth-order valence-corrected chi connectivity index (χ4v) is 6.74. The average Bonchev–Trinajstić information content (AvgIpc) is 3.67. The van der Waals surface area contributed by atoms with E-state index < -0.39 is 18.2 Å². The molecule has 0 bridgehead atoms. The third-order valence-corrected chi connectivity index (χ3v) is 9.37. The Morgan fingerprint density at radius 1 is 1.10 bits per heavy atom. The van der Waals surface area contributed by atoms with Crippen LogP contribution in [-0.4, -0.2) is 69.9 Å². The summed E-state index contributed by atoms with van der Waals surface area (Å²) in [5.41, 5.74) is 2.49. The standard InChI is InChI=1S/C33H40IN3O5/c34-26-10-4-6-12-29(26)42-30-21-24(33(41)35-16-18-38)20-28(32(30)40)37(31(39)14-13-22-7-1-2-8-22)17-15-25-19-23-9-3-5-11-27(23)36-25/h3-6,9-12,19,21-22,28,30,32,36,38,40H,1-2,7-8,13-18,20H2,(H,35,41). The normalized spacial score (nSPS) is 20.8. The molecule has 2 aromatic carbocycles. The van der Waals surface area contributed by atoms with Gasteiger partial charge in [0, 0.05) is 49.1 Å². The molecule has 1 heterocycles. The Bertz CT molecular complexity index is 1370. The van der Waals surface area contributed by atoms with Gasteiger partial charge in [-0.2, -0.15) is 0 Å². The van der Waals surface area contributed by atoms with E-state index in [0.29, 0.717) is 36.6 Å². The van der Waals surface area contributed by atoms with Crippen molar-refractivity contribution in [3.05, 3.63) is 75.5 Å². The van der Waals surface area contributed by atoms with Crippen molar-refractivity contribution in [3.8, 4) is 5.75 Å². The van der Waals surface area contributed by atoms with E-state index in [1.54, 1.807) is 11.0 Å². The number of hydrogen-bond acceptors (Lipinski definition) is 5. The summed E-state index contributed by atoms with van der Waals surface area (Å²) in [4.78, 5) is 32.3. The fraction of sp³-hybridized carbons (Fsp3) is 0.455. The van der Waals surface area contributed by atoms with Crippen molar-refractivity contribution >= 4 is 45.3 Å². The minimum Gasteiger partial charge on any atom is -0.482 e. The van der Waals surface area contributed by atoms with Crippen LogP contribution in [-0.2, 0) is 16.0 Å². The molecule has 8 nitrogen and oxygen atoms in total. The highest BCUT2D eigenvalue weighted by atomic mass is 127. The van der Waals surface area contributed by atoms with Gasteiger partial charge in [-0.3, -0.25) is 9.59 Å². The summed E-state index contributed by atoms with van der Waals surface area (Å²) in [5, 5.41) is 24.8. The number of nitrogens with zero attached hydrogens (tertiary/aromatic N) is 1. The molecular formula is C33H40IN3O5. The molecule has 3 unspecified atom stereocenters. The minimum absolute atomic E-state index is 0.00730. The number of carbonyl (C=O) groups is 2. The molecule has 1 fully saturated rings. The van der Waals surface area contributed by atoms with Gasteiger partial charge in [0.05, 0.1) is 16.2 Å². The number of ether oxygens (including phenoxy) is 1. The number of nitrogens with one attached hydrogen (secondary N) is 2. The molecule has 42 heavy (non-hydrogen) atoms. The molecule has 2 aliphatic rings. The number of benzene rings is 2. The van der Waals surface area contributed by atoms with E-state index in [2.05, 4.69) is 45.0 Å². The summed E-state index contributed by atoms with van der Waals surface area (Å²) in [6.07, 6.45) is 6.62. The Hall–Kier alpha value is -2.89. The molecule has 0 radical (unpaired) electrons. The molecule has 5 rings (SSSR count). The molecule has 3 atom stereocenters. The van der Waals surface area contributed by atoms with Gasteiger partial charge in [-0.25, -0.2) is 0 Å². The van der Waals surface area contributed by atoms with Crippen molar-refractivity contribution in [1.29, 1.82) is 0 Å². The Labute approximate surface area is 260 Å². The maximum atomic E-state index is 13.9. The van der Waals surface area contributed by atoms with Crippen LogP contribution in [0.5, 0.6) is 5.75 Å². The monoisotopic (exact) mass is 685 g/mol. The number of H-pyrrole nitrogens is 1. The van der Waals surface area contributed by atoms with Gasteiger partial charge in [-0.1, -0.05) is 56.0 Å². The van der Waals surface area contributed by atoms with Gasteiger partial charge in [0.25, 0.3) is 0 Å². The molecule has 9 heteroatoms. The maximum absolute atomic E-state index is 13.9. The topological polar surface area (TPSA) is 115 Å². The lowest BCUT2D eigenvalue weighted by atomic mass is 9.87. The van der Waals surface area contributed by atoms with Gasteiger partial charge in [-0.05, 0) is 70.7 Å². The van der Waals surface area contributed by atoms with E-state index in [1.807, 2.05) is 42.5 Å². The van der Waals surface area contributed by atoms with Crippen LogP contribution >= 0.6 is 22.6 Å². The number of hydrogen-bond donors (Lipinski definition) is 4. The summed E-state index contributed by atoms with van der Waals surface area (Å²) < 4.78 is 7.16. The second-order valence-electron chi connectivity index (χ2n) is 11.4. The van der Waals surface area contributed by atoms with E-state index in [0.717, 1.165) is 39.4 Å². The molecule has 0 saturated heterocycles. The summed E-state index contributed by atoms with van der Waals surface area (Å²) in [7, 11) is 0. The molecule has 4 N–H and O–H groups in total. The van der Waals surface area contributed by atoms with Crippen molar-refractivity contribution < 1.29 is 24.5 Å². The van der Waals surface area contributed by atoms with E-state index in [-0.39, 0.29) is 31.4 Å². The number of aliphatic hydroxyl groups is 2. The van der Waals surface area contributed by atoms with Crippen LogP contribution in [0.1, 0.15) is 50.6 Å². The number of halogens is 1. The number of aromatic amines is 1. The minimum atomic E-state index is -1.03. The predicted molar refractivity (Wildman–Crippen MR) is 171 cm³/mol. The number of aromatic nitrogens is 1. The van der Waals surface area contributed by atoms with Gasteiger partial charge in [0.15, 0.2) is 0 Å². The SMILES string of the molecule is O=C(NCCO)C1=CC(Oc2ccccc2I)C(O)C(N(CCc2cc3ccccc3[nH]2)C(=O)CCC2CCCC2)C1. The first-order valence-electron chi connectivity index (χ1n) is 15.0. The molecule has 0 aliphatic heterocycles. The van der Waals surface area contributed by atoms with Crippen LogP contribution in [0.15, 0.2) is 66.2 Å². The number of fused-ring (bicyclic) bond motifs is 1. The molecule has 0 spiro atoms. The van der Waals surface area contributed by atoms with Gasteiger partial charge < -0.3 is 30.2 Å². The third-order valence-electron chi connectivity index (χ3n) is 8.48. The second kappa shape index (κ2) is 14.5. The fourth-order valence-electron chi connectivity index (χ4n) is 6.22. The lowest BCUT2D eigenvalue weighted by molar-refractivity contribution is -0.138. The lowest BCUT2D eigenvalue weighted by Crippen LogP contribution is -2.55. The number of carbonyl (C=O) groups excluding carboxylic acids is 2.